The van der Waals surface area contributed by atoms with Crippen LogP contribution in [0.3, 0.4) is 0 Å². The lowest BCUT2D eigenvalue weighted by Crippen LogP contribution is -2.37. The molecule has 1 aromatic rings. The Labute approximate surface area is 163 Å². The highest BCUT2D eigenvalue weighted by atomic mass is 32.1. The Morgan fingerprint density at radius 1 is 1.04 bits per heavy atom. The number of hydrogen-bond donors (Lipinski definition) is 2. The third-order valence-corrected chi connectivity index (χ3v) is 5.68. The lowest BCUT2D eigenvalue weighted by molar-refractivity contribution is -0.115. The number of ether oxygens (including phenoxy) is 2. The van der Waals surface area contributed by atoms with Crippen molar-refractivity contribution in [2.75, 3.05) is 25.1 Å². The van der Waals surface area contributed by atoms with E-state index < -0.39 is 11.9 Å². The molecule has 2 rings (SSSR count). The lowest BCUT2D eigenvalue weighted by atomic mass is 9.95. The molecule has 1 amide bonds. The first-order chi connectivity index (χ1) is 13.0. The number of carbonyl (C=O) groups excluding carboxylic acids is 3. The number of nitrogens with one attached hydrogen (secondary N) is 2. The molecule has 0 aromatic carbocycles. The average Bonchev–Trinajstić information content (AvgIpc) is 2.97. The van der Waals surface area contributed by atoms with Crippen molar-refractivity contribution in [2.24, 2.45) is 0 Å². The molecule has 0 atom stereocenters. The summed E-state index contributed by atoms with van der Waals surface area (Å²) >= 11 is 1.04. The van der Waals surface area contributed by atoms with Gasteiger partial charge in [-0.05, 0) is 39.2 Å². The van der Waals surface area contributed by atoms with Crippen molar-refractivity contribution < 1.29 is 23.9 Å². The molecule has 1 aliphatic rings. The molecule has 2 N–H and O–H groups in total. The van der Waals surface area contributed by atoms with E-state index in [1.54, 1.807) is 20.8 Å². The highest BCUT2D eigenvalue weighted by Crippen LogP contribution is 2.34. The minimum absolute atomic E-state index is 0.165. The van der Waals surface area contributed by atoms with Crippen LogP contribution < -0.4 is 10.6 Å². The molecule has 1 saturated carbocycles. The van der Waals surface area contributed by atoms with E-state index in [2.05, 4.69) is 10.6 Å². The summed E-state index contributed by atoms with van der Waals surface area (Å²) in [7, 11) is 0. The topological polar surface area (TPSA) is 93.7 Å². The molecule has 8 heteroatoms. The molecule has 0 spiro atoms. The Morgan fingerprint density at radius 2 is 1.67 bits per heavy atom. The second-order valence-electron chi connectivity index (χ2n) is 6.47. The fourth-order valence-corrected chi connectivity index (χ4v) is 4.26. The molecular weight excluding hydrogens is 368 g/mol. The summed E-state index contributed by atoms with van der Waals surface area (Å²) in [5.74, 6) is -1.31. The van der Waals surface area contributed by atoms with Crippen LogP contribution in [-0.4, -0.2) is 43.6 Å². The quantitative estimate of drug-likeness (QED) is 0.655. The van der Waals surface area contributed by atoms with Crippen LogP contribution in [-0.2, 0) is 14.3 Å². The van der Waals surface area contributed by atoms with Gasteiger partial charge >= 0.3 is 11.9 Å². The van der Waals surface area contributed by atoms with E-state index >= 15 is 0 Å². The third kappa shape index (κ3) is 5.77. The minimum Gasteiger partial charge on any atom is -0.462 e. The van der Waals surface area contributed by atoms with Crippen LogP contribution in [0.2, 0.25) is 0 Å². The van der Waals surface area contributed by atoms with E-state index in [-0.39, 0.29) is 31.2 Å². The number of thiophene rings is 1. The van der Waals surface area contributed by atoms with E-state index in [9.17, 15) is 14.4 Å². The maximum atomic E-state index is 12.4. The van der Waals surface area contributed by atoms with Gasteiger partial charge in [-0.25, -0.2) is 9.59 Å². The Balaban J connectivity index is 2.12. The van der Waals surface area contributed by atoms with Crippen LogP contribution in [0.25, 0.3) is 0 Å². The number of hydrogen-bond acceptors (Lipinski definition) is 7. The zero-order valence-electron chi connectivity index (χ0n) is 16.2. The van der Waals surface area contributed by atoms with Crippen molar-refractivity contribution in [1.29, 1.82) is 0 Å². The van der Waals surface area contributed by atoms with Gasteiger partial charge in [-0.15, -0.1) is 11.3 Å². The molecule has 1 fully saturated rings. The monoisotopic (exact) mass is 396 g/mol. The maximum absolute atomic E-state index is 12.4. The van der Waals surface area contributed by atoms with E-state index in [4.69, 9.17) is 9.47 Å². The van der Waals surface area contributed by atoms with E-state index in [0.29, 0.717) is 21.5 Å². The Hall–Kier alpha value is -1.93. The fraction of sp³-hybridized carbons (Fsp3) is 0.632. The SMILES string of the molecule is CCOC(=O)c1sc(NC(=O)CNC2CCCCC2)c(C(=O)OCC)c1C. The smallest absolute Gasteiger partial charge is 0.348 e. The van der Waals surface area contributed by atoms with Crippen molar-refractivity contribution in [2.45, 2.75) is 58.9 Å². The van der Waals surface area contributed by atoms with Gasteiger partial charge in [0.25, 0.3) is 0 Å². The largest absolute Gasteiger partial charge is 0.462 e. The van der Waals surface area contributed by atoms with Crippen LogP contribution >= 0.6 is 11.3 Å². The molecule has 0 aliphatic heterocycles. The molecule has 1 aromatic heterocycles. The number of anilines is 1. The Kier molecular flexibility index (Phi) is 8.24. The molecule has 27 heavy (non-hydrogen) atoms. The fourth-order valence-electron chi connectivity index (χ4n) is 3.16. The van der Waals surface area contributed by atoms with Crippen LogP contribution in [0.4, 0.5) is 5.00 Å². The summed E-state index contributed by atoms with van der Waals surface area (Å²) in [5.41, 5.74) is 0.684. The summed E-state index contributed by atoms with van der Waals surface area (Å²) in [6.45, 7) is 5.69. The van der Waals surface area contributed by atoms with E-state index in [1.807, 2.05) is 0 Å². The predicted octanol–water partition coefficient (Wildman–Crippen LogP) is 3.27. The zero-order chi connectivity index (χ0) is 19.8. The highest BCUT2D eigenvalue weighted by molar-refractivity contribution is 7.18. The molecule has 0 radical (unpaired) electrons. The van der Waals surface area contributed by atoms with Crippen LogP contribution in [0, 0.1) is 6.92 Å². The van der Waals surface area contributed by atoms with Crippen LogP contribution in [0.1, 0.15) is 71.5 Å². The Morgan fingerprint density at radius 3 is 2.30 bits per heavy atom. The Bertz CT molecular complexity index is 680. The molecule has 7 nitrogen and oxygen atoms in total. The summed E-state index contributed by atoms with van der Waals surface area (Å²) in [6.07, 6.45) is 5.76. The number of rotatable bonds is 8. The summed E-state index contributed by atoms with van der Waals surface area (Å²) < 4.78 is 10.1. The van der Waals surface area contributed by atoms with Crippen molar-refractivity contribution in [3.05, 3.63) is 16.0 Å². The van der Waals surface area contributed by atoms with Gasteiger partial charge in [-0.3, -0.25) is 4.79 Å². The predicted molar refractivity (Wildman–Crippen MR) is 104 cm³/mol. The van der Waals surface area contributed by atoms with Gasteiger partial charge < -0.3 is 20.1 Å². The van der Waals surface area contributed by atoms with E-state index in [0.717, 1.165) is 24.2 Å². The highest BCUT2D eigenvalue weighted by Gasteiger charge is 2.27. The minimum atomic E-state index is -0.558. The first-order valence-corrected chi connectivity index (χ1v) is 10.3. The molecule has 150 valence electrons. The summed E-state index contributed by atoms with van der Waals surface area (Å²) in [6, 6.07) is 0.356. The van der Waals surface area contributed by atoms with Gasteiger partial charge in [0.05, 0.1) is 25.3 Å². The van der Waals surface area contributed by atoms with Crippen LogP contribution in [0.15, 0.2) is 0 Å². The first-order valence-electron chi connectivity index (χ1n) is 9.48. The van der Waals surface area contributed by atoms with Crippen molar-refractivity contribution in [1.82, 2.24) is 5.32 Å². The standard InChI is InChI=1S/C19H28N2O5S/c1-4-25-18(23)15-12(3)16(19(24)26-5-2)27-17(15)21-14(22)11-20-13-9-7-6-8-10-13/h13,20H,4-11H2,1-3H3,(H,21,22). The number of esters is 2. The molecule has 0 bridgehead atoms. The maximum Gasteiger partial charge on any atom is 0.348 e. The summed E-state index contributed by atoms with van der Waals surface area (Å²) in [4.78, 5) is 37.1. The molecular formula is C19H28N2O5S. The summed E-state index contributed by atoms with van der Waals surface area (Å²) in [5, 5.41) is 6.34. The normalized spacial score (nSPS) is 14.6. The number of amides is 1. The van der Waals surface area contributed by atoms with Crippen LogP contribution in [0.5, 0.6) is 0 Å². The first kappa shape index (κ1) is 21.4. The van der Waals surface area contributed by atoms with Gasteiger partial charge in [0.1, 0.15) is 9.88 Å². The van der Waals surface area contributed by atoms with Crippen molar-refractivity contribution >= 4 is 34.2 Å². The second-order valence-corrected chi connectivity index (χ2v) is 7.49. The van der Waals surface area contributed by atoms with Crippen molar-refractivity contribution in [3.8, 4) is 0 Å². The van der Waals surface area contributed by atoms with Gasteiger partial charge in [0.15, 0.2) is 0 Å². The van der Waals surface area contributed by atoms with Crippen molar-refractivity contribution in [3.63, 3.8) is 0 Å². The molecule has 1 aliphatic carbocycles. The van der Waals surface area contributed by atoms with E-state index in [1.165, 1.54) is 19.3 Å². The van der Waals surface area contributed by atoms with Gasteiger partial charge in [-0.2, -0.15) is 0 Å². The van der Waals surface area contributed by atoms with Gasteiger partial charge in [0.2, 0.25) is 5.91 Å². The molecule has 1 heterocycles. The molecule has 0 unspecified atom stereocenters. The third-order valence-electron chi connectivity index (χ3n) is 4.50. The second kappa shape index (κ2) is 10.4. The molecule has 0 saturated heterocycles. The number of carbonyl (C=O) groups is 3. The van der Waals surface area contributed by atoms with Gasteiger partial charge in [-0.1, -0.05) is 19.3 Å². The van der Waals surface area contributed by atoms with Gasteiger partial charge in [0, 0.05) is 6.04 Å². The lowest BCUT2D eigenvalue weighted by Gasteiger charge is -2.22. The zero-order valence-corrected chi connectivity index (χ0v) is 17.0. The average molecular weight is 397 g/mol.